The Bertz CT molecular complexity index is 1680. The summed E-state index contributed by atoms with van der Waals surface area (Å²) in [6, 6.07) is 14.8. The molecule has 0 bridgehead atoms. The highest BCUT2D eigenvalue weighted by Crippen LogP contribution is 2.36. The van der Waals surface area contributed by atoms with Gasteiger partial charge in [0.25, 0.3) is 0 Å². The maximum atomic E-state index is 15.4. The van der Waals surface area contributed by atoms with E-state index in [-0.39, 0.29) is 23.7 Å². The molecule has 9 heteroatoms. The molecule has 2 aliphatic rings. The average molecular weight is 641 g/mol. The van der Waals surface area contributed by atoms with Crippen LogP contribution in [-0.2, 0) is 10.3 Å². The van der Waals surface area contributed by atoms with Gasteiger partial charge < -0.3 is 10.6 Å². The van der Waals surface area contributed by atoms with Gasteiger partial charge in [-0.05, 0) is 55.2 Å². The predicted molar refractivity (Wildman–Crippen MR) is 184 cm³/mol. The SMILES string of the molecule is C=C(C)CCN1C[C@@H](NC(=C)NC2=C(C)C(c3cnc(C(C)(C)C)c(F)c3)=NCC(c3ccccc3)C2C)[C@H](c2ccnc(F)c2)O1. The molecule has 0 radical (unpaired) electrons. The second kappa shape index (κ2) is 14.3. The van der Waals surface area contributed by atoms with E-state index in [9.17, 15) is 4.39 Å². The van der Waals surface area contributed by atoms with Crippen molar-refractivity contribution in [2.24, 2.45) is 10.9 Å². The first-order valence-electron chi connectivity index (χ1n) is 16.2. The Morgan fingerprint density at radius 1 is 1.06 bits per heavy atom. The normalized spacial score (nSPS) is 22.1. The summed E-state index contributed by atoms with van der Waals surface area (Å²) in [5.41, 5.74) is 6.04. The van der Waals surface area contributed by atoms with Gasteiger partial charge in [0.15, 0.2) is 0 Å². The highest BCUT2D eigenvalue weighted by Gasteiger charge is 2.37. The summed E-state index contributed by atoms with van der Waals surface area (Å²) in [6.07, 6.45) is 3.49. The minimum atomic E-state index is -0.560. The third-order valence-corrected chi connectivity index (χ3v) is 8.86. The lowest BCUT2D eigenvalue weighted by Gasteiger charge is -2.28. The smallest absolute Gasteiger partial charge is 0.213 e. The summed E-state index contributed by atoms with van der Waals surface area (Å²) >= 11 is 0. The second-order valence-corrected chi connectivity index (χ2v) is 13.7. The Labute approximate surface area is 277 Å². The van der Waals surface area contributed by atoms with E-state index < -0.39 is 17.5 Å². The second-order valence-electron chi connectivity index (χ2n) is 13.7. The first-order valence-corrected chi connectivity index (χ1v) is 16.2. The van der Waals surface area contributed by atoms with E-state index in [1.165, 1.54) is 17.8 Å². The highest BCUT2D eigenvalue weighted by atomic mass is 19.1. The van der Waals surface area contributed by atoms with Gasteiger partial charge in [-0.2, -0.15) is 9.45 Å². The molecule has 2 N–H and O–H groups in total. The zero-order chi connectivity index (χ0) is 33.9. The van der Waals surface area contributed by atoms with Gasteiger partial charge in [0.1, 0.15) is 11.9 Å². The van der Waals surface area contributed by atoms with Crippen molar-refractivity contribution >= 4 is 5.71 Å². The van der Waals surface area contributed by atoms with Crippen molar-refractivity contribution in [1.82, 2.24) is 25.7 Å². The number of hydrogen-bond donors (Lipinski definition) is 2. The minimum absolute atomic E-state index is 0.0147. The molecule has 0 amide bonds. The Balaban J connectivity index is 1.46. The number of aromatic nitrogens is 2. The number of aliphatic imine (C=N–C) groups is 1. The van der Waals surface area contributed by atoms with Gasteiger partial charge in [-0.15, -0.1) is 6.58 Å². The van der Waals surface area contributed by atoms with Crippen molar-refractivity contribution in [2.75, 3.05) is 19.6 Å². The van der Waals surface area contributed by atoms with E-state index in [4.69, 9.17) is 9.83 Å². The maximum Gasteiger partial charge on any atom is 0.213 e. The first-order chi connectivity index (χ1) is 22.3. The number of hydroxylamine groups is 2. The van der Waals surface area contributed by atoms with Crippen LogP contribution in [0.25, 0.3) is 0 Å². The molecule has 3 aromatic rings. The molecule has 2 aromatic heterocycles. The monoisotopic (exact) mass is 640 g/mol. The molecular weight excluding hydrogens is 594 g/mol. The van der Waals surface area contributed by atoms with Gasteiger partial charge in [-0.3, -0.25) is 14.8 Å². The topological polar surface area (TPSA) is 74.7 Å². The third kappa shape index (κ3) is 8.03. The molecule has 1 saturated heterocycles. The molecule has 0 saturated carbocycles. The number of halogens is 2. The molecule has 2 aliphatic heterocycles. The van der Waals surface area contributed by atoms with Crippen LogP contribution in [-0.4, -0.2) is 46.4 Å². The number of rotatable bonds is 10. The summed E-state index contributed by atoms with van der Waals surface area (Å²) in [5.74, 6) is -0.262. The Hall–Kier alpha value is -4.21. The number of nitrogens with one attached hydrogen (secondary N) is 2. The molecule has 5 rings (SSSR count). The van der Waals surface area contributed by atoms with Gasteiger partial charge in [0, 0.05) is 60.5 Å². The van der Waals surface area contributed by atoms with Crippen LogP contribution in [0.4, 0.5) is 8.78 Å². The molecule has 2 unspecified atom stereocenters. The zero-order valence-electron chi connectivity index (χ0n) is 28.3. The number of benzene rings is 1. The van der Waals surface area contributed by atoms with E-state index in [0.29, 0.717) is 48.0 Å². The molecule has 4 heterocycles. The molecule has 0 aliphatic carbocycles. The average Bonchev–Trinajstić information content (AvgIpc) is 3.37. The fraction of sp³-hybridized carbons (Fsp3) is 0.395. The van der Waals surface area contributed by atoms with Crippen molar-refractivity contribution < 1.29 is 13.6 Å². The zero-order valence-corrected chi connectivity index (χ0v) is 28.3. The van der Waals surface area contributed by atoms with E-state index >= 15 is 4.39 Å². The molecule has 248 valence electrons. The Morgan fingerprint density at radius 3 is 2.47 bits per heavy atom. The fourth-order valence-corrected chi connectivity index (χ4v) is 6.35. The number of hydrogen-bond acceptors (Lipinski definition) is 7. The molecule has 4 atom stereocenters. The van der Waals surface area contributed by atoms with Gasteiger partial charge in [-0.25, -0.2) is 9.37 Å². The maximum absolute atomic E-state index is 15.4. The summed E-state index contributed by atoms with van der Waals surface area (Å²) in [5, 5.41) is 9.01. The van der Waals surface area contributed by atoms with Gasteiger partial charge in [-0.1, -0.05) is 70.2 Å². The Kier molecular flexibility index (Phi) is 10.4. The fourth-order valence-electron chi connectivity index (χ4n) is 6.35. The van der Waals surface area contributed by atoms with Crippen molar-refractivity contribution in [2.45, 2.75) is 71.4 Å². The first kappa shape index (κ1) is 34.1. The van der Waals surface area contributed by atoms with Gasteiger partial charge >= 0.3 is 0 Å². The molecule has 1 fully saturated rings. The van der Waals surface area contributed by atoms with Gasteiger partial charge in [0.2, 0.25) is 5.95 Å². The van der Waals surface area contributed by atoms with Crippen LogP contribution in [0.3, 0.4) is 0 Å². The van der Waals surface area contributed by atoms with E-state index in [1.807, 2.05) is 57.9 Å². The molecular formula is C38H46F2N6O. The van der Waals surface area contributed by atoms with Gasteiger partial charge in [0.05, 0.1) is 23.3 Å². The van der Waals surface area contributed by atoms with Crippen molar-refractivity contribution in [3.8, 4) is 0 Å². The summed E-state index contributed by atoms with van der Waals surface area (Å²) in [6.45, 7) is 22.1. The lowest BCUT2D eigenvalue weighted by Crippen LogP contribution is -2.40. The number of nitrogens with zero attached hydrogens (tertiary/aromatic N) is 4. The summed E-state index contributed by atoms with van der Waals surface area (Å²) in [7, 11) is 0. The lowest BCUT2D eigenvalue weighted by molar-refractivity contribution is -0.147. The van der Waals surface area contributed by atoms with E-state index in [2.05, 4.69) is 52.8 Å². The highest BCUT2D eigenvalue weighted by molar-refractivity contribution is 6.12. The van der Waals surface area contributed by atoms with E-state index in [1.54, 1.807) is 18.3 Å². The van der Waals surface area contributed by atoms with Crippen molar-refractivity contribution in [1.29, 1.82) is 0 Å². The number of pyridine rings is 2. The van der Waals surface area contributed by atoms with Crippen LogP contribution < -0.4 is 10.6 Å². The van der Waals surface area contributed by atoms with Crippen molar-refractivity contribution in [3.63, 3.8) is 0 Å². The molecule has 0 spiro atoms. The quantitative estimate of drug-likeness (QED) is 0.176. The molecule has 47 heavy (non-hydrogen) atoms. The summed E-state index contributed by atoms with van der Waals surface area (Å²) in [4.78, 5) is 19.6. The summed E-state index contributed by atoms with van der Waals surface area (Å²) < 4.78 is 29.6. The van der Waals surface area contributed by atoms with Crippen LogP contribution in [0.5, 0.6) is 0 Å². The van der Waals surface area contributed by atoms with Crippen LogP contribution in [0.15, 0.2) is 102 Å². The van der Waals surface area contributed by atoms with Crippen LogP contribution in [0.2, 0.25) is 0 Å². The minimum Gasteiger partial charge on any atom is -0.365 e. The molecule has 1 aromatic carbocycles. The Morgan fingerprint density at radius 2 is 1.81 bits per heavy atom. The molecule has 7 nitrogen and oxygen atoms in total. The lowest BCUT2D eigenvalue weighted by atomic mass is 9.84. The standard InChI is InChI=1S/C38H46F2N6O/c1-23(2)15-17-46-22-32(36(47-46)28-14-16-41-33(40)19-28)44-26(5)45-34-24(3)30(27-12-10-9-11-13-27)21-42-35(25(34)4)29-18-31(39)37(43-20-29)38(6,7)8/h9-14,16,18-20,24,30,32,36,44-45H,1,5,15,17,21-22H2,2-4,6-8H3/t24?,30?,32-,36+/m1/s1. The van der Waals surface area contributed by atoms with Crippen LogP contribution >= 0.6 is 0 Å². The van der Waals surface area contributed by atoms with Crippen LogP contribution in [0.1, 0.15) is 82.4 Å². The van der Waals surface area contributed by atoms with Crippen molar-refractivity contribution in [3.05, 3.63) is 131 Å². The third-order valence-electron chi connectivity index (χ3n) is 8.86. The van der Waals surface area contributed by atoms with Crippen LogP contribution in [0, 0.1) is 17.7 Å². The van der Waals surface area contributed by atoms with E-state index in [0.717, 1.165) is 23.3 Å². The largest absolute Gasteiger partial charge is 0.365 e. The number of allylic oxidation sites excluding steroid dienone is 2. The predicted octanol–water partition coefficient (Wildman–Crippen LogP) is 7.52.